The van der Waals surface area contributed by atoms with Crippen molar-refractivity contribution in [2.24, 2.45) is 0 Å². The van der Waals surface area contributed by atoms with E-state index in [-0.39, 0.29) is 23.6 Å². The Kier molecular flexibility index (Phi) is 6.45. The van der Waals surface area contributed by atoms with Gasteiger partial charge in [0.2, 0.25) is 5.91 Å². The third-order valence-corrected chi connectivity index (χ3v) is 5.75. The zero-order valence-electron chi connectivity index (χ0n) is 14.7. The second kappa shape index (κ2) is 8.99. The maximum absolute atomic E-state index is 14.0. The molecule has 1 unspecified atom stereocenters. The normalized spacial score (nSPS) is 17.3. The van der Waals surface area contributed by atoms with Crippen LogP contribution < -0.4 is 5.32 Å². The van der Waals surface area contributed by atoms with E-state index in [4.69, 9.17) is 0 Å². The van der Waals surface area contributed by atoms with E-state index >= 15 is 0 Å². The van der Waals surface area contributed by atoms with E-state index in [2.05, 4.69) is 5.32 Å². The number of halogens is 2. The first-order valence-electron chi connectivity index (χ1n) is 8.72. The molecule has 4 nitrogen and oxygen atoms in total. The maximum atomic E-state index is 14.0. The molecule has 1 aliphatic rings. The van der Waals surface area contributed by atoms with Crippen LogP contribution in [0.15, 0.2) is 48.5 Å². The van der Waals surface area contributed by atoms with E-state index in [9.17, 15) is 18.4 Å². The van der Waals surface area contributed by atoms with Gasteiger partial charge in [-0.1, -0.05) is 18.2 Å². The molecule has 0 aliphatic carbocycles. The molecule has 7 heteroatoms. The quantitative estimate of drug-likeness (QED) is 0.871. The highest BCUT2D eigenvalue weighted by atomic mass is 32.2. The Labute approximate surface area is 160 Å². The summed E-state index contributed by atoms with van der Waals surface area (Å²) in [7, 11) is 0. The molecule has 0 spiro atoms. The molecular weight excluding hydrogens is 370 g/mol. The molecule has 1 fully saturated rings. The summed E-state index contributed by atoms with van der Waals surface area (Å²) in [6, 6.07) is 12.2. The Bertz CT molecular complexity index is 817. The molecule has 1 heterocycles. The van der Waals surface area contributed by atoms with Crippen LogP contribution in [0, 0.1) is 11.6 Å². The van der Waals surface area contributed by atoms with Crippen molar-refractivity contribution in [1.82, 2.24) is 10.2 Å². The monoisotopic (exact) mass is 390 g/mol. The van der Waals surface area contributed by atoms with Crippen molar-refractivity contribution in [2.75, 3.05) is 25.4 Å². The number of thioether (sulfide) groups is 1. The number of nitrogens with zero attached hydrogens (tertiary/aromatic N) is 1. The van der Waals surface area contributed by atoms with E-state index < -0.39 is 11.6 Å². The number of amides is 2. The van der Waals surface area contributed by atoms with E-state index in [0.29, 0.717) is 36.4 Å². The topological polar surface area (TPSA) is 49.4 Å². The fraction of sp³-hybridized carbons (Fsp3) is 0.300. The highest BCUT2D eigenvalue weighted by Gasteiger charge is 2.24. The summed E-state index contributed by atoms with van der Waals surface area (Å²) in [6.07, 6.45) is 0.531. The largest absolute Gasteiger partial charge is 0.343 e. The molecule has 0 saturated carbocycles. The van der Waals surface area contributed by atoms with Crippen LogP contribution in [-0.2, 0) is 4.79 Å². The lowest BCUT2D eigenvalue weighted by atomic mass is 10.1. The van der Waals surface area contributed by atoms with Gasteiger partial charge in [-0.3, -0.25) is 9.59 Å². The molecule has 1 atom stereocenters. The standard InChI is InChI=1S/C20H20F2N2O2S/c21-15-6-7-17(22)16(12-15)18-8-9-24(10-11-27-18)19(25)13-23-20(26)14-4-2-1-3-5-14/h1-7,12,18H,8-11,13H2,(H,23,26). The van der Waals surface area contributed by atoms with Gasteiger partial charge in [0.1, 0.15) is 11.6 Å². The fourth-order valence-electron chi connectivity index (χ4n) is 2.99. The molecule has 2 aromatic rings. The van der Waals surface area contributed by atoms with Gasteiger partial charge in [-0.2, -0.15) is 11.8 Å². The minimum absolute atomic E-state index is 0.0859. The van der Waals surface area contributed by atoms with Crippen molar-refractivity contribution >= 4 is 23.6 Å². The highest BCUT2D eigenvalue weighted by Crippen LogP contribution is 2.36. The summed E-state index contributed by atoms with van der Waals surface area (Å²) in [5, 5.41) is 2.43. The minimum Gasteiger partial charge on any atom is -0.343 e. The van der Waals surface area contributed by atoms with Gasteiger partial charge in [0, 0.05) is 35.2 Å². The maximum Gasteiger partial charge on any atom is 0.251 e. The summed E-state index contributed by atoms with van der Waals surface area (Å²) >= 11 is 1.51. The predicted molar refractivity (Wildman–Crippen MR) is 102 cm³/mol. The zero-order valence-corrected chi connectivity index (χ0v) is 15.5. The second-order valence-corrected chi connectivity index (χ2v) is 7.55. The van der Waals surface area contributed by atoms with Gasteiger partial charge in [0.25, 0.3) is 5.91 Å². The van der Waals surface area contributed by atoms with Crippen LogP contribution in [-0.4, -0.2) is 42.1 Å². The Morgan fingerprint density at radius 1 is 1.11 bits per heavy atom. The highest BCUT2D eigenvalue weighted by molar-refractivity contribution is 7.99. The lowest BCUT2D eigenvalue weighted by Gasteiger charge is -2.20. The van der Waals surface area contributed by atoms with Crippen molar-refractivity contribution in [2.45, 2.75) is 11.7 Å². The van der Waals surface area contributed by atoms with Gasteiger partial charge in [0.05, 0.1) is 6.54 Å². The van der Waals surface area contributed by atoms with Crippen LogP contribution in [0.25, 0.3) is 0 Å². The molecular formula is C20H20F2N2O2S. The number of hydrogen-bond donors (Lipinski definition) is 1. The minimum atomic E-state index is -0.465. The lowest BCUT2D eigenvalue weighted by molar-refractivity contribution is -0.129. The average Bonchev–Trinajstić information content (AvgIpc) is 2.94. The molecule has 1 saturated heterocycles. The zero-order chi connectivity index (χ0) is 19.2. The van der Waals surface area contributed by atoms with E-state index in [1.165, 1.54) is 17.8 Å². The fourth-order valence-corrected chi connectivity index (χ4v) is 4.23. The first-order chi connectivity index (χ1) is 13.0. The second-order valence-electron chi connectivity index (χ2n) is 6.24. The van der Waals surface area contributed by atoms with Gasteiger partial charge in [-0.05, 0) is 36.8 Å². The van der Waals surface area contributed by atoms with Gasteiger partial charge in [0.15, 0.2) is 0 Å². The number of hydrogen-bond acceptors (Lipinski definition) is 3. The first-order valence-corrected chi connectivity index (χ1v) is 9.77. The van der Waals surface area contributed by atoms with Crippen LogP contribution in [0.4, 0.5) is 8.78 Å². The smallest absolute Gasteiger partial charge is 0.251 e. The Morgan fingerprint density at radius 2 is 1.89 bits per heavy atom. The summed E-state index contributed by atoms with van der Waals surface area (Å²) < 4.78 is 27.4. The van der Waals surface area contributed by atoms with Gasteiger partial charge in [-0.15, -0.1) is 0 Å². The third-order valence-electron chi connectivity index (χ3n) is 4.44. The van der Waals surface area contributed by atoms with Crippen LogP contribution >= 0.6 is 11.8 Å². The first kappa shape index (κ1) is 19.4. The van der Waals surface area contributed by atoms with E-state index in [1.807, 2.05) is 6.07 Å². The molecule has 2 amide bonds. The summed E-state index contributed by atoms with van der Waals surface area (Å²) in [5.41, 5.74) is 0.838. The van der Waals surface area contributed by atoms with Gasteiger partial charge >= 0.3 is 0 Å². The van der Waals surface area contributed by atoms with Crippen molar-refractivity contribution in [3.63, 3.8) is 0 Å². The van der Waals surface area contributed by atoms with Crippen LogP contribution in [0.5, 0.6) is 0 Å². The molecule has 2 aromatic carbocycles. The molecule has 1 aliphatic heterocycles. The predicted octanol–water partition coefficient (Wildman–Crippen LogP) is 3.40. The van der Waals surface area contributed by atoms with Gasteiger partial charge < -0.3 is 10.2 Å². The molecule has 0 bridgehead atoms. The van der Waals surface area contributed by atoms with Crippen molar-refractivity contribution in [3.05, 3.63) is 71.3 Å². The van der Waals surface area contributed by atoms with Crippen LogP contribution in [0.3, 0.4) is 0 Å². The number of nitrogens with one attached hydrogen (secondary N) is 1. The van der Waals surface area contributed by atoms with E-state index in [1.54, 1.807) is 29.2 Å². The summed E-state index contributed by atoms with van der Waals surface area (Å²) in [4.78, 5) is 26.1. The van der Waals surface area contributed by atoms with Crippen LogP contribution in [0.2, 0.25) is 0 Å². The number of rotatable bonds is 4. The Hall–Kier alpha value is -2.41. The molecule has 3 rings (SSSR count). The average molecular weight is 390 g/mol. The van der Waals surface area contributed by atoms with Gasteiger partial charge in [-0.25, -0.2) is 8.78 Å². The molecule has 142 valence electrons. The van der Waals surface area contributed by atoms with E-state index in [0.717, 1.165) is 12.1 Å². The molecule has 0 radical (unpaired) electrons. The molecule has 0 aromatic heterocycles. The Morgan fingerprint density at radius 3 is 2.67 bits per heavy atom. The number of carbonyl (C=O) groups is 2. The van der Waals surface area contributed by atoms with Crippen molar-refractivity contribution < 1.29 is 18.4 Å². The Balaban J connectivity index is 1.55. The lowest BCUT2D eigenvalue weighted by Crippen LogP contribution is -2.41. The summed E-state index contributed by atoms with van der Waals surface area (Å²) in [5.74, 6) is -0.747. The third kappa shape index (κ3) is 5.07. The van der Waals surface area contributed by atoms with Crippen molar-refractivity contribution in [3.8, 4) is 0 Å². The van der Waals surface area contributed by atoms with Crippen LogP contribution in [0.1, 0.15) is 27.6 Å². The van der Waals surface area contributed by atoms with Crippen molar-refractivity contribution in [1.29, 1.82) is 0 Å². The summed E-state index contributed by atoms with van der Waals surface area (Å²) in [6.45, 7) is 0.864. The SMILES string of the molecule is O=C(NCC(=O)N1CCSC(c2cc(F)ccc2F)CC1)c1ccccc1. The number of carbonyl (C=O) groups excluding carboxylic acids is 2. The molecule has 27 heavy (non-hydrogen) atoms. The number of benzene rings is 2. The molecule has 1 N–H and O–H groups in total.